The van der Waals surface area contributed by atoms with Gasteiger partial charge >= 0.3 is 0 Å². The Hall–Kier alpha value is -1.09. The Bertz CT molecular complexity index is 501. The lowest BCUT2D eigenvalue weighted by atomic mass is 9.66. The van der Waals surface area contributed by atoms with E-state index in [1.165, 1.54) is 25.7 Å². The van der Waals surface area contributed by atoms with E-state index in [9.17, 15) is 4.39 Å². The van der Waals surface area contributed by atoms with Crippen molar-refractivity contribution in [2.24, 2.45) is 23.0 Å². The molecule has 0 saturated heterocycles. The zero-order valence-corrected chi connectivity index (χ0v) is 15.1. The minimum Gasteiger partial charge on any atom is -0.491 e. The van der Waals surface area contributed by atoms with Crippen molar-refractivity contribution < 1.29 is 9.13 Å². The molecule has 1 aliphatic rings. The molecule has 1 atom stereocenters. The van der Waals surface area contributed by atoms with Crippen LogP contribution in [0.3, 0.4) is 0 Å². The van der Waals surface area contributed by atoms with E-state index >= 15 is 0 Å². The number of hydrogen-bond donors (Lipinski definition) is 1. The Labute approximate surface area is 140 Å². The summed E-state index contributed by atoms with van der Waals surface area (Å²) in [5, 5.41) is 0. The first kappa shape index (κ1) is 18.3. The lowest BCUT2D eigenvalue weighted by Crippen LogP contribution is -2.30. The van der Waals surface area contributed by atoms with Gasteiger partial charge in [0.2, 0.25) is 0 Å². The second-order valence-electron chi connectivity index (χ2n) is 7.94. The van der Waals surface area contributed by atoms with Gasteiger partial charge < -0.3 is 10.5 Å². The molecule has 1 aromatic carbocycles. The number of hydrogen-bond acceptors (Lipinski definition) is 2. The maximum absolute atomic E-state index is 14.2. The highest BCUT2D eigenvalue weighted by Crippen LogP contribution is 2.44. The van der Waals surface area contributed by atoms with Crippen LogP contribution < -0.4 is 10.5 Å². The standard InChI is InChI=1S/C20H32FNO/c1-5-23-19-11-8-15(12-18(19)21)17(13-22)14-6-9-16(10-7-14)20(2,3)4/h8,11-12,14,16-17H,5-7,9-10,13,22H2,1-4H3. The van der Waals surface area contributed by atoms with Gasteiger partial charge in [-0.05, 0) is 80.0 Å². The monoisotopic (exact) mass is 321 g/mol. The van der Waals surface area contributed by atoms with Crippen LogP contribution in [0.2, 0.25) is 0 Å². The molecule has 1 unspecified atom stereocenters. The van der Waals surface area contributed by atoms with Crippen LogP contribution in [-0.2, 0) is 0 Å². The summed E-state index contributed by atoms with van der Waals surface area (Å²) in [6.45, 7) is 9.93. The molecule has 1 fully saturated rings. The summed E-state index contributed by atoms with van der Waals surface area (Å²) in [4.78, 5) is 0. The summed E-state index contributed by atoms with van der Waals surface area (Å²) in [6, 6.07) is 5.36. The van der Waals surface area contributed by atoms with Crippen LogP contribution in [0, 0.1) is 23.1 Å². The Morgan fingerprint density at radius 3 is 2.35 bits per heavy atom. The third kappa shape index (κ3) is 4.47. The molecule has 0 amide bonds. The molecular weight excluding hydrogens is 289 g/mol. The third-order valence-corrected chi connectivity index (χ3v) is 5.50. The van der Waals surface area contributed by atoms with E-state index in [4.69, 9.17) is 10.5 Å². The first-order valence-electron chi connectivity index (χ1n) is 8.99. The molecule has 0 bridgehead atoms. The van der Waals surface area contributed by atoms with Gasteiger partial charge in [0.25, 0.3) is 0 Å². The van der Waals surface area contributed by atoms with E-state index in [0.29, 0.717) is 30.2 Å². The van der Waals surface area contributed by atoms with Gasteiger partial charge in [-0.25, -0.2) is 4.39 Å². The van der Waals surface area contributed by atoms with Crippen LogP contribution in [0.5, 0.6) is 5.75 Å². The highest BCUT2D eigenvalue weighted by Gasteiger charge is 2.33. The van der Waals surface area contributed by atoms with E-state index < -0.39 is 0 Å². The molecule has 1 aliphatic carbocycles. The van der Waals surface area contributed by atoms with Crippen molar-refractivity contribution in [1.82, 2.24) is 0 Å². The maximum atomic E-state index is 14.2. The zero-order chi connectivity index (χ0) is 17.0. The SMILES string of the molecule is CCOc1ccc(C(CN)C2CCC(C(C)(C)C)CC2)cc1F. The number of halogens is 1. The van der Waals surface area contributed by atoms with Crippen molar-refractivity contribution >= 4 is 0 Å². The minimum atomic E-state index is -0.272. The highest BCUT2D eigenvalue weighted by atomic mass is 19.1. The first-order valence-corrected chi connectivity index (χ1v) is 8.99. The van der Waals surface area contributed by atoms with Crippen LogP contribution in [0.25, 0.3) is 0 Å². The van der Waals surface area contributed by atoms with Crippen LogP contribution in [-0.4, -0.2) is 13.2 Å². The van der Waals surface area contributed by atoms with Crippen molar-refractivity contribution in [1.29, 1.82) is 0 Å². The van der Waals surface area contributed by atoms with Crippen LogP contribution in [0.15, 0.2) is 18.2 Å². The van der Waals surface area contributed by atoms with Gasteiger partial charge in [0, 0.05) is 0 Å². The highest BCUT2D eigenvalue weighted by molar-refractivity contribution is 5.32. The normalized spacial score (nSPS) is 23.6. The molecule has 3 heteroatoms. The molecule has 1 aromatic rings. The molecule has 0 radical (unpaired) electrons. The molecule has 1 saturated carbocycles. The largest absolute Gasteiger partial charge is 0.491 e. The quantitative estimate of drug-likeness (QED) is 0.817. The average molecular weight is 321 g/mol. The molecular formula is C20H32FNO. The number of benzene rings is 1. The number of rotatable bonds is 5. The fraction of sp³-hybridized carbons (Fsp3) is 0.700. The third-order valence-electron chi connectivity index (χ3n) is 5.50. The predicted octanol–water partition coefficient (Wildman–Crippen LogP) is 5.12. The second kappa shape index (κ2) is 7.65. The summed E-state index contributed by atoms with van der Waals surface area (Å²) < 4.78 is 19.4. The Kier molecular flexibility index (Phi) is 6.07. The smallest absolute Gasteiger partial charge is 0.165 e. The van der Waals surface area contributed by atoms with Gasteiger partial charge in [-0.15, -0.1) is 0 Å². The molecule has 23 heavy (non-hydrogen) atoms. The molecule has 0 aromatic heterocycles. The van der Waals surface area contributed by atoms with Gasteiger partial charge in [0.15, 0.2) is 11.6 Å². The van der Waals surface area contributed by atoms with Gasteiger partial charge in [0.1, 0.15) is 0 Å². The fourth-order valence-electron chi connectivity index (χ4n) is 4.01. The van der Waals surface area contributed by atoms with Crippen molar-refractivity contribution in [3.05, 3.63) is 29.6 Å². The molecule has 0 spiro atoms. The van der Waals surface area contributed by atoms with Gasteiger partial charge in [0.05, 0.1) is 6.61 Å². The van der Waals surface area contributed by atoms with Crippen LogP contribution in [0.4, 0.5) is 4.39 Å². The lowest BCUT2D eigenvalue weighted by Gasteiger charge is -2.39. The molecule has 2 nitrogen and oxygen atoms in total. The van der Waals surface area contributed by atoms with E-state index in [-0.39, 0.29) is 11.7 Å². The van der Waals surface area contributed by atoms with E-state index in [1.54, 1.807) is 12.1 Å². The molecule has 2 N–H and O–H groups in total. The van der Waals surface area contributed by atoms with E-state index in [0.717, 1.165) is 11.5 Å². The Balaban J connectivity index is 2.07. The van der Waals surface area contributed by atoms with Gasteiger partial charge in [-0.3, -0.25) is 0 Å². The topological polar surface area (TPSA) is 35.2 Å². The van der Waals surface area contributed by atoms with Crippen molar-refractivity contribution in [3.63, 3.8) is 0 Å². The van der Waals surface area contributed by atoms with E-state index in [2.05, 4.69) is 20.8 Å². The Morgan fingerprint density at radius 2 is 1.87 bits per heavy atom. The van der Waals surface area contributed by atoms with E-state index in [1.807, 2.05) is 13.0 Å². The Morgan fingerprint density at radius 1 is 1.22 bits per heavy atom. The van der Waals surface area contributed by atoms with Crippen molar-refractivity contribution in [2.75, 3.05) is 13.2 Å². The minimum absolute atomic E-state index is 0.251. The van der Waals surface area contributed by atoms with Crippen LogP contribution in [0.1, 0.15) is 64.9 Å². The maximum Gasteiger partial charge on any atom is 0.165 e. The fourth-order valence-corrected chi connectivity index (χ4v) is 4.01. The second-order valence-corrected chi connectivity index (χ2v) is 7.94. The first-order chi connectivity index (χ1) is 10.9. The van der Waals surface area contributed by atoms with Gasteiger partial charge in [-0.1, -0.05) is 26.8 Å². The summed E-state index contributed by atoms with van der Waals surface area (Å²) in [5.74, 6) is 1.67. The summed E-state index contributed by atoms with van der Waals surface area (Å²) in [7, 11) is 0. The molecule has 130 valence electrons. The van der Waals surface area contributed by atoms with Crippen molar-refractivity contribution in [2.45, 2.75) is 59.3 Å². The zero-order valence-electron chi connectivity index (χ0n) is 15.1. The summed E-state index contributed by atoms with van der Waals surface area (Å²) >= 11 is 0. The average Bonchev–Trinajstić information content (AvgIpc) is 2.50. The summed E-state index contributed by atoms with van der Waals surface area (Å²) in [5.41, 5.74) is 7.45. The number of ether oxygens (including phenoxy) is 1. The summed E-state index contributed by atoms with van der Waals surface area (Å²) in [6.07, 6.45) is 4.89. The van der Waals surface area contributed by atoms with Crippen LogP contribution >= 0.6 is 0 Å². The number of nitrogens with two attached hydrogens (primary N) is 1. The predicted molar refractivity (Wildman–Crippen MR) is 94.3 cm³/mol. The molecule has 2 rings (SSSR count). The molecule has 0 aliphatic heterocycles. The van der Waals surface area contributed by atoms with Crippen molar-refractivity contribution in [3.8, 4) is 5.75 Å². The molecule has 0 heterocycles. The van der Waals surface area contributed by atoms with Gasteiger partial charge in [-0.2, -0.15) is 0 Å². The lowest BCUT2D eigenvalue weighted by molar-refractivity contribution is 0.140.